The van der Waals surface area contributed by atoms with E-state index >= 15 is 0 Å². The molecular weight excluding hydrogens is 314 g/mol. The molecular formula is C19H15N5O. The number of anilines is 1. The van der Waals surface area contributed by atoms with Crippen LogP contribution in [0.25, 0.3) is 22.2 Å². The number of aryl methyl sites for hydroxylation is 1. The Morgan fingerprint density at radius 1 is 1.08 bits per heavy atom. The molecule has 3 aromatic heterocycles. The van der Waals surface area contributed by atoms with Crippen LogP contribution in [-0.4, -0.2) is 26.1 Å². The monoisotopic (exact) mass is 329 g/mol. The van der Waals surface area contributed by atoms with Gasteiger partial charge in [-0.3, -0.25) is 19.9 Å². The first-order valence-corrected chi connectivity index (χ1v) is 7.84. The first-order chi connectivity index (χ1) is 12.2. The third kappa shape index (κ3) is 2.97. The smallest absolute Gasteiger partial charge is 0.258 e. The number of carbonyl (C=O) groups excluding carboxylic acids is 1. The Morgan fingerprint density at radius 2 is 1.88 bits per heavy atom. The zero-order chi connectivity index (χ0) is 17.2. The minimum absolute atomic E-state index is 0.233. The Balaban J connectivity index is 1.60. The van der Waals surface area contributed by atoms with Gasteiger partial charge in [0.05, 0.1) is 22.5 Å². The van der Waals surface area contributed by atoms with E-state index in [1.54, 1.807) is 18.5 Å². The molecule has 0 atom stereocenters. The van der Waals surface area contributed by atoms with Gasteiger partial charge in [-0.1, -0.05) is 18.2 Å². The third-order valence-electron chi connectivity index (χ3n) is 3.97. The fraction of sp³-hybridized carbons (Fsp3) is 0.0526. The number of H-pyrrole nitrogens is 1. The van der Waals surface area contributed by atoms with E-state index in [1.165, 1.54) is 0 Å². The summed E-state index contributed by atoms with van der Waals surface area (Å²) < 4.78 is 0. The summed E-state index contributed by atoms with van der Waals surface area (Å²) in [5, 5.41) is 10.8. The number of hydrogen-bond donors (Lipinski definition) is 2. The van der Waals surface area contributed by atoms with E-state index in [-0.39, 0.29) is 5.91 Å². The minimum Gasteiger partial charge on any atom is -0.305 e. The summed E-state index contributed by atoms with van der Waals surface area (Å²) in [6.45, 7) is 1.83. The van der Waals surface area contributed by atoms with E-state index in [0.717, 1.165) is 22.2 Å². The van der Waals surface area contributed by atoms with Crippen molar-refractivity contribution in [3.8, 4) is 11.3 Å². The van der Waals surface area contributed by atoms with Crippen LogP contribution >= 0.6 is 0 Å². The molecule has 0 radical (unpaired) electrons. The molecule has 3 heterocycles. The second kappa shape index (κ2) is 6.16. The molecule has 4 aromatic rings. The lowest BCUT2D eigenvalue weighted by Gasteiger charge is -2.07. The minimum atomic E-state index is -0.233. The molecule has 25 heavy (non-hydrogen) atoms. The number of aromatic amines is 1. The van der Waals surface area contributed by atoms with Crippen LogP contribution in [0.4, 0.5) is 5.82 Å². The molecule has 0 unspecified atom stereocenters. The lowest BCUT2D eigenvalue weighted by atomic mass is 10.1. The summed E-state index contributed by atoms with van der Waals surface area (Å²) in [6, 6.07) is 15.1. The van der Waals surface area contributed by atoms with Gasteiger partial charge in [-0.25, -0.2) is 0 Å². The Kier molecular flexibility index (Phi) is 3.70. The highest BCUT2D eigenvalue weighted by molar-refractivity contribution is 6.06. The van der Waals surface area contributed by atoms with Crippen molar-refractivity contribution in [2.75, 3.05) is 5.32 Å². The summed E-state index contributed by atoms with van der Waals surface area (Å²) >= 11 is 0. The summed E-state index contributed by atoms with van der Waals surface area (Å²) in [4.78, 5) is 21.1. The van der Waals surface area contributed by atoms with Crippen LogP contribution in [0.15, 0.2) is 60.9 Å². The number of nitrogens with one attached hydrogen (secondary N) is 2. The Bertz CT molecular complexity index is 1060. The molecule has 1 amide bonds. The Morgan fingerprint density at radius 3 is 2.72 bits per heavy atom. The predicted octanol–water partition coefficient (Wildman–Crippen LogP) is 3.58. The molecule has 0 saturated carbocycles. The number of pyridine rings is 2. The van der Waals surface area contributed by atoms with Gasteiger partial charge in [0, 0.05) is 29.4 Å². The number of benzene rings is 1. The van der Waals surface area contributed by atoms with Crippen LogP contribution in [0, 0.1) is 6.92 Å². The normalized spacial score (nSPS) is 10.8. The van der Waals surface area contributed by atoms with Crippen LogP contribution < -0.4 is 5.32 Å². The van der Waals surface area contributed by atoms with Crippen molar-refractivity contribution < 1.29 is 4.79 Å². The highest BCUT2D eigenvalue weighted by Gasteiger charge is 2.13. The molecule has 0 saturated heterocycles. The van der Waals surface area contributed by atoms with Crippen molar-refractivity contribution in [2.45, 2.75) is 6.92 Å². The van der Waals surface area contributed by atoms with Crippen LogP contribution in [0.3, 0.4) is 0 Å². The van der Waals surface area contributed by atoms with Gasteiger partial charge in [-0.2, -0.15) is 5.10 Å². The molecule has 0 aliphatic rings. The number of fused-ring (bicyclic) bond motifs is 1. The summed E-state index contributed by atoms with van der Waals surface area (Å²) in [5.41, 5.74) is 3.85. The number of hydrogen-bond acceptors (Lipinski definition) is 4. The summed E-state index contributed by atoms with van der Waals surface area (Å²) in [7, 11) is 0. The van der Waals surface area contributed by atoms with E-state index < -0.39 is 0 Å². The SMILES string of the molecule is Cc1nc2ccccc2cc1C(=O)Nc1cc(-c2ccncc2)[nH]n1. The van der Waals surface area contributed by atoms with Crippen LogP contribution in [-0.2, 0) is 0 Å². The zero-order valence-corrected chi connectivity index (χ0v) is 13.5. The molecule has 122 valence electrons. The molecule has 0 bridgehead atoms. The highest BCUT2D eigenvalue weighted by atomic mass is 16.1. The maximum Gasteiger partial charge on any atom is 0.258 e. The number of aromatic nitrogens is 4. The fourth-order valence-electron chi connectivity index (χ4n) is 2.69. The van der Waals surface area contributed by atoms with Crippen LogP contribution in [0.2, 0.25) is 0 Å². The van der Waals surface area contributed by atoms with Gasteiger partial charge in [0.1, 0.15) is 0 Å². The Hall–Kier alpha value is -3.54. The fourth-order valence-corrected chi connectivity index (χ4v) is 2.69. The lowest BCUT2D eigenvalue weighted by molar-refractivity contribution is 0.102. The highest BCUT2D eigenvalue weighted by Crippen LogP contribution is 2.20. The predicted molar refractivity (Wildman–Crippen MR) is 96.3 cm³/mol. The number of amides is 1. The van der Waals surface area contributed by atoms with E-state index in [0.29, 0.717) is 17.1 Å². The second-order valence-corrected chi connectivity index (χ2v) is 5.67. The average Bonchev–Trinajstić information content (AvgIpc) is 3.10. The van der Waals surface area contributed by atoms with Gasteiger partial charge in [0.25, 0.3) is 5.91 Å². The van der Waals surface area contributed by atoms with Gasteiger partial charge < -0.3 is 5.32 Å². The second-order valence-electron chi connectivity index (χ2n) is 5.67. The lowest BCUT2D eigenvalue weighted by Crippen LogP contribution is -2.14. The van der Waals surface area contributed by atoms with Crippen molar-refractivity contribution in [1.29, 1.82) is 0 Å². The zero-order valence-electron chi connectivity index (χ0n) is 13.5. The molecule has 1 aromatic carbocycles. The van der Waals surface area contributed by atoms with Gasteiger partial charge >= 0.3 is 0 Å². The molecule has 6 heteroatoms. The van der Waals surface area contributed by atoms with Gasteiger partial charge in [-0.15, -0.1) is 0 Å². The molecule has 4 rings (SSSR count). The maximum atomic E-state index is 12.6. The number of rotatable bonds is 3. The standard InChI is InChI=1S/C19H15N5O/c1-12-15(10-14-4-2-3-5-16(14)21-12)19(25)22-18-11-17(23-24-18)13-6-8-20-9-7-13/h2-11H,1H3,(H2,22,23,24,25). The number of carbonyl (C=O) groups is 1. The molecule has 6 nitrogen and oxygen atoms in total. The van der Waals surface area contributed by atoms with Crippen molar-refractivity contribution in [3.63, 3.8) is 0 Å². The molecule has 0 aliphatic heterocycles. The largest absolute Gasteiger partial charge is 0.305 e. The van der Waals surface area contributed by atoms with Crippen molar-refractivity contribution in [1.82, 2.24) is 20.2 Å². The number of nitrogens with zero attached hydrogens (tertiary/aromatic N) is 3. The van der Waals surface area contributed by atoms with E-state index in [2.05, 4.69) is 25.5 Å². The number of para-hydroxylation sites is 1. The van der Waals surface area contributed by atoms with E-state index in [4.69, 9.17) is 0 Å². The average molecular weight is 329 g/mol. The topological polar surface area (TPSA) is 83.6 Å². The van der Waals surface area contributed by atoms with Gasteiger partial charge in [-0.05, 0) is 31.2 Å². The Labute approximate surface area is 144 Å². The summed E-state index contributed by atoms with van der Waals surface area (Å²) in [6.07, 6.45) is 3.41. The van der Waals surface area contributed by atoms with E-state index in [1.807, 2.05) is 49.4 Å². The van der Waals surface area contributed by atoms with Crippen LogP contribution in [0.5, 0.6) is 0 Å². The van der Waals surface area contributed by atoms with Crippen LogP contribution in [0.1, 0.15) is 16.1 Å². The molecule has 0 fully saturated rings. The van der Waals surface area contributed by atoms with Crippen molar-refractivity contribution in [3.05, 3.63) is 72.2 Å². The first kappa shape index (κ1) is 15.0. The van der Waals surface area contributed by atoms with Crippen molar-refractivity contribution >= 4 is 22.6 Å². The third-order valence-corrected chi connectivity index (χ3v) is 3.97. The van der Waals surface area contributed by atoms with E-state index in [9.17, 15) is 4.79 Å². The maximum absolute atomic E-state index is 12.6. The quantitative estimate of drug-likeness (QED) is 0.602. The first-order valence-electron chi connectivity index (χ1n) is 7.84. The molecule has 2 N–H and O–H groups in total. The van der Waals surface area contributed by atoms with Crippen molar-refractivity contribution in [2.24, 2.45) is 0 Å². The molecule has 0 spiro atoms. The van der Waals surface area contributed by atoms with Gasteiger partial charge in [0.15, 0.2) is 5.82 Å². The van der Waals surface area contributed by atoms with Gasteiger partial charge in [0.2, 0.25) is 0 Å². The molecule has 0 aliphatic carbocycles. The summed E-state index contributed by atoms with van der Waals surface area (Å²) in [5.74, 6) is 0.230.